The standard InChI is InChI=1S/C26H41N3O4S/c1-17-15-29(16-18(2)33-17)23-10-9-22(19(3)20(23)4)27-24(30)26(8)13-11-21(12-14-26)28-34(31,32)25(5,6)7/h9-11,13,17-18,21,28H,12,14-16H2,1-8H3,(H,27,30). The van der Waals surface area contributed by atoms with Crippen molar-refractivity contribution >= 4 is 27.3 Å². The van der Waals surface area contributed by atoms with Gasteiger partial charge in [0.05, 0.1) is 22.4 Å². The second kappa shape index (κ2) is 9.63. The van der Waals surface area contributed by atoms with Crippen molar-refractivity contribution in [2.24, 2.45) is 5.41 Å². The molecule has 0 radical (unpaired) electrons. The van der Waals surface area contributed by atoms with Gasteiger partial charge in [0.15, 0.2) is 0 Å². The van der Waals surface area contributed by atoms with Crippen LogP contribution in [-0.4, -0.2) is 50.4 Å². The molecule has 4 unspecified atom stereocenters. The van der Waals surface area contributed by atoms with Crippen molar-refractivity contribution < 1.29 is 17.9 Å². The SMILES string of the molecule is Cc1c(NC(=O)C2(C)C=CC(NS(=O)(=O)C(C)(C)C)CC2)ccc(N2CC(C)OC(C)C2)c1C. The molecule has 0 saturated carbocycles. The van der Waals surface area contributed by atoms with Crippen LogP contribution in [0.25, 0.3) is 0 Å². The summed E-state index contributed by atoms with van der Waals surface area (Å²) >= 11 is 0. The molecule has 1 heterocycles. The van der Waals surface area contributed by atoms with E-state index < -0.39 is 20.2 Å². The Kier molecular flexibility index (Phi) is 7.56. The number of rotatable bonds is 5. The Labute approximate surface area is 205 Å². The molecule has 7 nitrogen and oxygen atoms in total. The summed E-state index contributed by atoms with van der Waals surface area (Å²) in [5.74, 6) is -0.0789. The molecule has 2 N–H and O–H groups in total. The Morgan fingerprint density at radius 1 is 1.12 bits per heavy atom. The summed E-state index contributed by atoms with van der Waals surface area (Å²) in [6.07, 6.45) is 5.14. The number of hydrogen-bond acceptors (Lipinski definition) is 5. The van der Waals surface area contributed by atoms with E-state index >= 15 is 0 Å². The van der Waals surface area contributed by atoms with E-state index in [0.29, 0.717) is 12.8 Å². The molecule has 1 fully saturated rings. The van der Waals surface area contributed by atoms with Crippen LogP contribution in [0, 0.1) is 19.3 Å². The van der Waals surface area contributed by atoms with Crippen LogP contribution in [0.2, 0.25) is 0 Å². The van der Waals surface area contributed by atoms with Crippen molar-refractivity contribution in [3.63, 3.8) is 0 Å². The van der Waals surface area contributed by atoms with Gasteiger partial charge in [0.25, 0.3) is 0 Å². The Balaban J connectivity index is 1.71. The smallest absolute Gasteiger partial charge is 0.234 e. The monoisotopic (exact) mass is 491 g/mol. The van der Waals surface area contributed by atoms with Crippen molar-refractivity contribution in [1.29, 1.82) is 0 Å². The Bertz CT molecular complexity index is 1050. The molecule has 34 heavy (non-hydrogen) atoms. The minimum Gasteiger partial charge on any atom is -0.372 e. The van der Waals surface area contributed by atoms with Crippen LogP contribution >= 0.6 is 0 Å². The summed E-state index contributed by atoms with van der Waals surface area (Å²) in [5.41, 5.74) is 3.50. The number of morpholine rings is 1. The first kappa shape index (κ1) is 26.7. The van der Waals surface area contributed by atoms with Crippen molar-refractivity contribution in [1.82, 2.24) is 4.72 Å². The number of carbonyl (C=O) groups excluding carboxylic acids is 1. The second-order valence-electron chi connectivity index (χ2n) is 11.2. The first-order valence-corrected chi connectivity index (χ1v) is 13.6. The third-order valence-electron chi connectivity index (χ3n) is 7.07. The average molecular weight is 492 g/mol. The summed E-state index contributed by atoms with van der Waals surface area (Å²) in [5, 5.41) is 3.12. The third kappa shape index (κ3) is 5.66. The van der Waals surface area contributed by atoms with Gasteiger partial charge in [-0.2, -0.15) is 0 Å². The van der Waals surface area contributed by atoms with Crippen LogP contribution in [0.1, 0.15) is 65.5 Å². The Morgan fingerprint density at radius 2 is 1.74 bits per heavy atom. The summed E-state index contributed by atoms with van der Waals surface area (Å²) < 4.78 is 32.7. The van der Waals surface area contributed by atoms with E-state index in [2.05, 4.69) is 41.8 Å². The highest BCUT2D eigenvalue weighted by Gasteiger charge is 2.37. The molecule has 0 aromatic heterocycles. The van der Waals surface area contributed by atoms with Crippen molar-refractivity contribution in [3.8, 4) is 0 Å². The van der Waals surface area contributed by atoms with E-state index in [1.54, 1.807) is 20.8 Å². The van der Waals surface area contributed by atoms with Crippen molar-refractivity contribution in [2.45, 2.75) is 91.2 Å². The largest absolute Gasteiger partial charge is 0.372 e. The highest BCUT2D eigenvalue weighted by atomic mass is 32.2. The van der Waals surface area contributed by atoms with Gasteiger partial charge in [-0.25, -0.2) is 13.1 Å². The minimum atomic E-state index is -3.45. The molecule has 190 valence electrons. The minimum absolute atomic E-state index is 0.0789. The second-order valence-corrected chi connectivity index (χ2v) is 13.6. The lowest BCUT2D eigenvalue weighted by Crippen LogP contribution is -2.46. The van der Waals surface area contributed by atoms with Crippen LogP contribution in [-0.2, 0) is 19.6 Å². The van der Waals surface area contributed by atoms with Gasteiger partial charge in [-0.15, -0.1) is 0 Å². The zero-order valence-corrected chi connectivity index (χ0v) is 22.7. The zero-order chi connectivity index (χ0) is 25.5. The van der Waals surface area contributed by atoms with Crippen LogP contribution in [0.4, 0.5) is 11.4 Å². The molecule has 1 saturated heterocycles. The normalized spacial score (nSPS) is 28.1. The Morgan fingerprint density at radius 3 is 2.26 bits per heavy atom. The number of sulfonamides is 1. The maximum atomic E-state index is 13.2. The van der Waals surface area contributed by atoms with Gasteiger partial charge >= 0.3 is 0 Å². The van der Waals surface area contributed by atoms with Crippen LogP contribution < -0.4 is 14.9 Å². The molecular weight excluding hydrogens is 450 g/mol. The molecule has 8 heteroatoms. The van der Waals surface area contributed by atoms with Crippen LogP contribution in [0.5, 0.6) is 0 Å². The van der Waals surface area contributed by atoms with Crippen LogP contribution in [0.3, 0.4) is 0 Å². The van der Waals surface area contributed by atoms with Gasteiger partial charge in [-0.3, -0.25) is 4.79 Å². The lowest BCUT2D eigenvalue weighted by Gasteiger charge is -2.38. The number of hydrogen-bond donors (Lipinski definition) is 2. The van der Waals surface area contributed by atoms with Gasteiger partial charge in [-0.05, 0) is 91.5 Å². The lowest BCUT2D eigenvalue weighted by molar-refractivity contribution is -0.123. The molecule has 0 bridgehead atoms. The van der Waals surface area contributed by atoms with E-state index in [4.69, 9.17) is 4.74 Å². The Hall–Kier alpha value is -1.90. The molecule has 1 aliphatic heterocycles. The number of amides is 1. The highest BCUT2D eigenvalue weighted by molar-refractivity contribution is 7.90. The van der Waals surface area contributed by atoms with E-state index in [-0.39, 0.29) is 24.2 Å². The van der Waals surface area contributed by atoms with Gasteiger partial charge in [-0.1, -0.05) is 12.2 Å². The number of anilines is 2. The van der Waals surface area contributed by atoms with Gasteiger partial charge in [0.1, 0.15) is 0 Å². The quantitative estimate of drug-likeness (QED) is 0.600. The molecule has 3 rings (SSSR count). The van der Waals surface area contributed by atoms with E-state index in [1.165, 1.54) is 5.69 Å². The number of carbonyl (C=O) groups is 1. The maximum Gasteiger partial charge on any atom is 0.234 e. The van der Waals surface area contributed by atoms with Crippen molar-refractivity contribution in [3.05, 3.63) is 35.4 Å². The predicted molar refractivity (Wildman–Crippen MR) is 139 cm³/mol. The fourth-order valence-electron chi connectivity index (χ4n) is 4.55. The van der Waals surface area contributed by atoms with E-state index in [0.717, 1.165) is 29.9 Å². The number of ether oxygens (including phenoxy) is 1. The van der Waals surface area contributed by atoms with Gasteiger partial charge in [0.2, 0.25) is 15.9 Å². The molecule has 2 aliphatic rings. The van der Waals surface area contributed by atoms with E-state index in [9.17, 15) is 13.2 Å². The molecule has 1 aliphatic carbocycles. The van der Waals surface area contributed by atoms with Gasteiger partial charge in [0, 0.05) is 30.5 Å². The first-order valence-electron chi connectivity index (χ1n) is 12.2. The van der Waals surface area contributed by atoms with E-state index in [1.807, 2.05) is 32.1 Å². The molecule has 4 atom stereocenters. The molecule has 1 amide bonds. The average Bonchev–Trinajstić information content (AvgIpc) is 2.71. The molecule has 1 aromatic carbocycles. The predicted octanol–water partition coefficient (Wildman–Crippen LogP) is 4.30. The van der Waals surface area contributed by atoms with Crippen LogP contribution in [0.15, 0.2) is 24.3 Å². The topological polar surface area (TPSA) is 87.7 Å². The maximum absolute atomic E-state index is 13.2. The molecule has 0 spiro atoms. The summed E-state index contributed by atoms with van der Waals surface area (Å²) in [6, 6.07) is 3.77. The number of benzene rings is 1. The summed E-state index contributed by atoms with van der Waals surface area (Å²) in [7, 11) is -3.45. The highest BCUT2D eigenvalue weighted by Crippen LogP contribution is 2.35. The lowest BCUT2D eigenvalue weighted by atomic mass is 9.78. The third-order valence-corrected chi connectivity index (χ3v) is 9.29. The van der Waals surface area contributed by atoms with Crippen molar-refractivity contribution in [2.75, 3.05) is 23.3 Å². The summed E-state index contributed by atoms with van der Waals surface area (Å²) in [4.78, 5) is 15.6. The fourth-order valence-corrected chi connectivity index (χ4v) is 5.50. The molecular formula is C26H41N3O4S. The number of nitrogens with zero attached hydrogens (tertiary/aromatic N) is 1. The summed E-state index contributed by atoms with van der Waals surface area (Å²) in [6.45, 7) is 16.9. The first-order chi connectivity index (χ1) is 15.6. The van der Waals surface area contributed by atoms with Gasteiger partial charge < -0.3 is 15.0 Å². The fraction of sp³-hybridized carbons (Fsp3) is 0.654. The zero-order valence-electron chi connectivity index (χ0n) is 21.9. The molecule has 1 aromatic rings. The number of nitrogens with one attached hydrogen (secondary N) is 2.